The van der Waals surface area contributed by atoms with E-state index in [9.17, 15) is 0 Å². The van der Waals surface area contributed by atoms with Crippen LogP contribution in [0.4, 0.5) is 5.69 Å². The van der Waals surface area contributed by atoms with E-state index in [0.717, 1.165) is 43.1 Å². The molecule has 1 saturated heterocycles. The average molecular weight is 371 g/mol. The van der Waals surface area contributed by atoms with Crippen molar-refractivity contribution in [3.8, 4) is 0 Å². The summed E-state index contributed by atoms with van der Waals surface area (Å²) < 4.78 is 5.86. The molecule has 2 atom stereocenters. The van der Waals surface area contributed by atoms with Gasteiger partial charge in [-0.15, -0.1) is 0 Å². The number of benzene rings is 1. The van der Waals surface area contributed by atoms with Gasteiger partial charge in [0.05, 0.1) is 23.9 Å². The molecular formula is C18H29ClN3OS+. The number of hydrogen-bond acceptors (Lipinski definition) is 2. The fraction of sp³-hybridized carbons (Fsp3) is 0.611. The summed E-state index contributed by atoms with van der Waals surface area (Å²) in [5.41, 5.74) is 3.10. The number of nitrogens with one attached hydrogen (secondary N) is 3. The van der Waals surface area contributed by atoms with E-state index in [0.29, 0.717) is 16.1 Å². The van der Waals surface area contributed by atoms with Crippen molar-refractivity contribution in [2.45, 2.75) is 33.8 Å². The van der Waals surface area contributed by atoms with Crippen LogP contribution in [0.1, 0.15) is 25.0 Å². The minimum atomic E-state index is 0.196. The minimum Gasteiger partial charge on any atom is -0.365 e. The third kappa shape index (κ3) is 5.88. The maximum absolute atomic E-state index is 6.32. The van der Waals surface area contributed by atoms with Gasteiger partial charge >= 0.3 is 0 Å². The summed E-state index contributed by atoms with van der Waals surface area (Å²) in [4.78, 5) is 1.61. The Morgan fingerprint density at radius 3 is 2.83 bits per heavy atom. The Labute approximate surface area is 155 Å². The zero-order chi connectivity index (χ0) is 17.7. The summed E-state index contributed by atoms with van der Waals surface area (Å²) >= 11 is 11.7. The number of halogens is 1. The lowest BCUT2D eigenvalue weighted by Gasteiger charge is -2.31. The molecule has 134 valence electrons. The molecule has 0 bridgehead atoms. The fourth-order valence-corrected chi connectivity index (χ4v) is 3.74. The highest BCUT2D eigenvalue weighted by atomic mass is 35.5. The smallest absolute Gasteiger partial charge is 0.170 e. The summed E-state index contributed by atoms with van der Waals surface area (Å²) in [6.45, 7) is 13.4. The molecule has 3 N–H and O–H groups in total. The van der Waals surface area contributed by atoms with E-state index < -0.39 is 0 Å². The van der Waals surface area contributed by atoms with E-state index in [1.54, 1.807) is 4.90 Å². The number of aryl methyl sites for hydroxylation is 2. The maximum Gasteiger partial charge on any atom is 0.170 e. The zero-order valence-electron chi connectivity index (χ0n) is 15.0. The molecule has 0 spiro atoms. The molecule has 2 rings (SSSR count). The van der Waals surface area contributed by atoms with Crippen molar-refractivity contribution in [2.75, 3.05) is 38.1 Å². The second-order valence-electron chi connectivity index (χ2n) is 7.07. The Balaban J connectivity index is 1.83. The van der Waals surface area contributed by atoms with Crippen molar-refractivity contribution in [2.24, 2.45) is 5.92 Å². The predicted octanol–water partition coefficient (Wildman–Crippen LogP) is 2.18. The number of anilines is 1. The number of hydrogen-bond donors (Lipinski definition) is 3. The predicted molar refractivity (Wildman–Crippen MR) is 105 cm³/mol. The number of quaternary nitrogens is 1. The molecule has 1 aromatic carbocycles. The van der Waals surface area contributed by atoms with Crippen molar-refractivity contribution < 1.29 is 9.64 Å². The van der Waals surface area contributed by atoms with Crippen LogP contribution in [-0.4, -0.2) is 44.0 Å². The van der Waals surface area contributed by atoms with Crippen LogP contribution in [0, 0.1) is 19.8 Å². The summed E-state index contributed by atoms with van der Waals surface area (Å²) in [6, 6.07) is 4.03. The van der Waals surface area contributed by atoms with Gasteiger partial charge in [0.25, 0.3) is 0 Å². The Hall–Kier alpha value is -0.880. The van der Waals surface area contributed by atoms with Gasteiger partial charge in [0, 0.05) is 12.5 Å². The second-order valence-corrected chi connectivity index (χ2v) is 7.88. The molecule has 1 aliphatic rings. The zero-order valence-corrected chi connectivity index (χ0v) is 16.6. The Morgan fingerprint density at radius 1 is 1.42 bits per heavy atom. The van der Waals surface area contributed by atoms with Crippen LogP contribution in [0.25, 0.3) is 0 Å². The van der Waals surface area contributed by atoms with Gasteiger partial charge in [0.2, 0.25) is 0 Å². The van der Waals surface area contributed by atoms with Gasteiger partial charge in [-0.3, -0.25) is 0 Å². The Kier molecular flexibility index (Phi) is 7.29. The number of thiocarbonyl (C=S) groups is 1. The molecule has 1 unspecified atom stereocenters. The van der Waals surface area contributed by atoms with Crippen molar-refractivity contribution in [3.05, 3.63) is 28.3 Å². The van der Waals surface area contributed by atoms with Crippen molar-refractivity contribution >= 4 is 34.6 Å². The van der Waals surface area contributed by atoms with Gasteiger partial charge in [-0.05, 0) is 43.3 Å². The van der Waals surface area contributed by atoms with E-state index in [4.69, 9.17) is 28.6 Å². The van der Waals surface area contributed by atoms with Gasteiger partial charge < -0.3 is 20.3 Å². The standard InChI is InChI=1S/C18H28ClN3OS/c1-12(2)10-22-5-6-23-15(11-22)9-20-18(24)21-17-14(4)7-13(3)8-16(17)19/h7-8,12,15H,5-6,9-11H2,1-4H3,(H2,20,21,24)/p+1/t15-/m0/s1. The molecular weight excluding hydrogens is 342 g/mol. The van der Waals surface area contributed by atoms with Crippen LogP contribution in [0.15, 0.2) is 12.1 Å². The van der Waals surface area contributed by atoms with E-state index in [-0.39, 0.29) is 6.10 Å². The van der Waals surface area contributed by atoms with Crippen LogP contribution in [0.5, 0.6) is 0 Å². The largest absolute Gasteiger partial charge is 0.365 e. The molecule has 1 fully saturated rings. The monoisotopic (exact) mass is 370 g/mol. The highest BCUT2D eigenvalue weighted by Gasteiger charge is 2.24. The van der Waals surface area contributed by atoms with Gasteiger partial charge in [-0.25, -0.2) is 0 Å². The summed E-state index contributed by atoms with van der Waals surface area (Å²) in [5, 5.41) is 7.76. The first-order valence-electron chi connectivity index (χ1n) is 8.62. The van der Waals surface area contributed by atoms with Gasteiger partial charge in [-0.2, -0.15) is 0 Å². The molecule has 0 aliphatic carbocycles. The van der Waals surface area contributed by atoms with Crippen LogP contribution in [-0.2, 0) is 4.74 Å². The number of morpholine rings is 1. The fourth-order valence-electron chi connectivity index (χ4n) is 3.19. The molecule has 0 aromatic heterocycles. The molecule has 6 heteroatoms. The van der Waals surface area contributed by atoms with Crippen LogP contribution in [0.3, 0.4) is 0 Å². The normalized spacial score (nSPS) is 20.9. The Bertz CT molecular complexity index is 556. The summed E-state index contributed by atoms with van der Waals surface area (Å²) in [5.74, 6) is 0.709. The summed E-state index contributed by atoms with van der Waals surface area (Å²) in [6.07, 6.45) is 0.196. The first kappa shape index (κ1) is 19.4. The Morgan fingerprint density at radius 2 is 2.17 bits per heavy atom. The first-order chi connectivity index (χ1) is 11.3. The third-order valence-corrected chi connectivity index (χ3v) is 4.73. The number of rotatable bonds is 5. The second kappa shape index (κ2) is 8.99. The molecule has 1 aromatic rings. The molecule has 0 saturated carbocycles. The topological polar surface area (TPSA) is 37.7 Å². The average Bonchev–Trinajstić information content (AvgIpc) is 2.48. The molecule has 0 amide bonds. The van der Waals surface area contributed by atoms with E-state index in [1.807, 2.05) is 19.9 Å². The van der Waals surface area contributed by atoms with Crippen LogP contribution < -0.4 is 15.5 Å². The maximum atomic E-state index is 6.32. The first-order valence-corrected chi connectivity index (χ1v) is 9.40. The van der Waals surface area contributed by atoms with Crippen LogP contribution >= 0.6 is 23.8 Å². The molecule has 24 heavy (non-hydrogen) atoms. The lowest BCUT2D eigenvalue weighted by molar-refractivity contribution is -0.914. The lowest BCUT2D eigenvalue weighted by atomic mass is 10.1. The SMILES string of the molecule is Cc1cc(C)c(NC(=S)NC[C@H]2C[NH+](CC(C)C)CCO2)c(Cl)c1. The lowest BCUT2D eigenvalue weighted by Crippen LogP contribution is -3.15. The van der Waals surface area contributed by atoms with E-state index in [2.05, 4.69) is 30.5 Å². The molecule has 0 radical (unpaired) electrons. The van der Waals surface area contributed by atoms with Crippen LogP contribution in [0.2, 0.25) is 5.02 Å². The van der Waals surface area contributed by atoms with Crippen molar-refractivity contribution in [3.63, 3.8) is 0 Å². The third-order valence-electron chi connectivity index (χ3n) is 4.18. The van der Waals surface area contributed by atoms with Crippen molar-refractivity contribution in [1.29, 1.82) is 0 Å². The highest BCUT2D eigenvalue weighted by molar-refractivity contribution is 7.80. The van der Waals surface area contributed by atoms with Crippen molar-refractivity contribution in [1.82, 2.24) is 5.32 Å². The molecule has 1 heterocycles. The van der Waals surface area contributed by atoms with Gasteiger partial charge in [0.15, 0.2) is 5.11 Å². The molecule has 4 nitrogen and oxygen atoms in total. The highest BCUT2D eigenvalue weighted by Crippen LogP contribution is 2.27. The summed E-state index contributed by atoms with van der Waals surface area (Å²) in [7, 11) is 0. The molecule has 1 aliphatic heterocycles. The number of ether oxygens (including phenoxy) is 1. The van der Waals surface area contributed by atoms with Gasteiger partial charge in [-0.1, -0.05) is 31.5 Å². The van der Waals surface area contributed by atoms with E-state index >= 15 is 0 Å². The minimum absolute atomic E-state index is 0.196. The van der Waals surface area contributed by atoms with Gasteiger partial charge in [0.1, 0.15) is 19.2 Å². The quantitative estimate of drug-likeness (QED) is 0.694. The van der Waals surface area contributed by atoms with E-state index in [1.165, 1.54) is 6.54 Å².